The van der Waals surface area contributed by atoms with Crippen LogP contribution in [0, 0.1) is 0 Å². The zero-order valence-corrected chi connectivity index (χ0v) is 50.4. The average molecular weight is 1080 g/mol. The Morgan fingerprint density at radius 2 is 0.551 bits per heavy atom. The molecule has 0 fully saturated rings. The first-order chi connectivity index (χ1) is 38.6. The van der Waals surface area contributed by atoms with Gasteiger partial charge in [0.2, 0.25) is 0 Å². The molecule has 0 saturated carbocycles. The van der Waals surface area contributed by atoms with E-state index in [0.717, 1.165) is 122 Å². The maximum atomic E-state index is 12.3. The van der Waals surface area contributed by atoms with Crippen molar-refractivity contribution in [2.45, 2.75) is 277 Å². The predicted octanol–water partition coefficient (Wildman–Crippen LogP) is 22.3. The number of esters is 2. The third kappa shape index (κ3) is 64.0. The van der Waals surface area contributed by atoms with Gasteiger partial charge >= 0.3 is 11.9 Å². The number of aliphatic hydroxyl groups excluding tert-OH is 1. The summed E-state index contributed by atoms with van der Waals surface area (Å²) in [5.74, 6) is -0.610. The summed E-state index contributed by atoms with van der Waals surface area (Å²) in [5.41, 5.74) is 0. The zero-order chi connectivity index (χ0) is 56.2. The van der Waals surface area contributed by atoms with Gasteiger partial charge in [-0.15, -0.1) is 0 Å². The Morgan fingerprint density at radius 3 is 0.833 bits per heavy atom. The van der Waals surface area contributed by atoms with Gasteiger partial charge in [-0.1, -0.05) is 287 Å². The minimum absolute atomic E-state index is 0.0793. The van der Waals surface area contributed by atoms with Crippen LogP contribution in [0.1, 0.15) is 271 Å². The third-order valence-corrected chi connectivity index (χ3v) is 13.3. The molecule has 0 saturated heterocycles. The van der Waals surface area contributed by atoms with E-state index in [-0.39, 0.29) is 25.2 Å². The van der Waals surface area contributed by atoms with E-state index in [4.69, 9.17) is 9.47 Å². The van der Waals surface area contributed by atoms with E-state index in [1.54, 1.807) is 0 Å². The first-order valence-electron chi connectivity index (χ1n) is 32.0. The van der Waals surface area contributed by atoms with Crippen molar-refractivity contribution in [2.75, 3.05) is 13.2 Å². The molecule has 0 aromatic carbocycles. The molecule has 440 valence electrons. The molecule has 78 heavy (non-hydrogen) atoms. The van der Waals surface area contributed by atoms with Crippen LogP contribution in [0.3, 0.4) is 0 Å². The molecule has 0 aromatic rings. The van der Waals surface area contributed by atoms with Gasteiger partial charge in [0.05, 0.1) is 6.61 Å². The van der Waals surface area contributed by atoms with Crippen molar-refractivity contribution in [3.63, 3.8) is 0 Å². The number of rotatable bonds is 57. The monoisotopic (exact) mass is 1070 g/mol. The lowest BCUT2D eigenvalue weighted by atomic mass is 10.0. The normalized spacial score (nSPS) is 13.3. The molecule has 0 radical (unpaired) electrons. The van der Waals surface area contributed by atoms with Crippen molar-refractivity contribution in [3.8, 4) is 0 Å². The highest BCUT2D eigenvalue weighted by molar-refractivity contribution is 5.70. The minimum Gasteiger partial charge on any atom is -0.462 e. The summed E-state index contributed by atoms with van der Waals surface area (Å²) in [6, 6.07) is 0. The summed E-state index contributed by atoms with van der Waals surface area (Å²) in [6.45, 7) is 4.01. The summed E-state index contributed by atoms with van der Waals surface area (Å²) in [6.07, 6.45) is 102. The van der Waals surface area contributed by atoms with E-state index in [2.05, 4.69) is 172 Å². The Balaban J connectivity index is 3.61. The Hall–Kier alpha value is -4.48. The number of ether oxygens (including phenoxy) is 2. The fourth-order valence-corrected chi connectivity index (χ4v) is 8.53. The first kappa shape index (κ1) is 73.5. The van der Waals surface area contributed by atoms with Gasteiger partial charge in [-0.25, -0.2) is 0 Å². The van der Waals surface area contributed by atoms with Gasteiger partial charge in [0, 0.05) is 12.8 Å². The Kier molecular flexibility index (Phi) is 63.0. The number of carbonyl (C=O) groups excluding carboxylic acids is 2. The second-order valence-electron chi connectivity index (χ2n) is 20.8. The predicted molar refractivity (Wildman–Crippen MR) is 343 cm³/mol. The van der Waals surface area contributed by atoms with Crippen LogP contribution in [0.2, 0.25) is 0 Å². The highest BCUT2D eigenvalue weighted by Gasteiger charge is 2.16. The fraction of sp³-hybridized carbons (Fsp3) is 0.616. The van der Waals surface area contributed by atoms with E-state index in [9.17, 15) is 14.7 Å². The highest BCUT2D eigenvalue weighted by atomic mass is 16.6. The van der Waals surface area contributed by atoms with Crippen LogP contribution in [-0.2, 0) is 19.1 Å². The first-order valence-corrected chi connectivity index (χ1v) is 32.0. The number of allylic oxidation sites excluding steroid dienone is 26. The van der Waals surface area contributed by atoms with Crippen molar-refractivity contribution in [2.24, 2.45) is 0 Å². The van der Waals surface area contributed by atoms with Crippen molar-refractivity contribution < 1.29 is 24.2 Å². The molecule has 1 N–H and O–H groups in total. The van der Waals surface area contributed by atoms with Crippen LogP contribution in [0.25, 0.3) is 0 Å². The van der Waals surface area contributed by atoms with E-state index in [1.165, 1.54) is 122 Å². The molecule has 0 aliphatic carbocycles. The second-order valence-corrected chi connectivity index (χ2v) is 20.8. The highest BCUT2D eigenvalue weighted by Crippen LogP contribution is 2.15. The molecule has 0 aromatic heterocycles. The van der Waals surface area contributed by atoms with Gasteiger partial charge in [0.25, 0.3) is 0 Å². The van der Waals surface area contributed by atoms with Gasteiger partial charge in [0.1, 0.15) is 6.61 Å². The number of aliphatic hydroxyl groups is 1. The largest absolute Gasteiger partial charge is 0.462 e. The molecule has 5 heteroatoms. The summed E-state index contributed by atoms with van der Waals surface area (Å²) in [7, 11) is 0. The molecule has 0 spiro atoms. The SMILES string of the molecule is CC/C=C\C/C=C\C/C=C\C/C=C\C/C=C\C/C=C\C/C=C\C/C=C\C/C=C\C/C=C\C/C=C\CCCCCCCCCC(=O)OC(CO)COC(=O)CCCCCCCCCCCCC/C=C\C/C=C\CCCCCCC. The van der Waals surface area contributed by atoms with Crippen molar-refractivity contribution in [1.29, 1.82) is 0 Å². The number of carbonyl (C=O) groups is 2. The summed E-state index contributed by atoms with van der Waals surface area (Å²) < 4.78 is 10.7. The van der Waals surface area contributed by atoms with E-state index in [0.29, 0.717) is 12.8 Å². The zero-order valence-electron chi connectivity index (χ0n) is 50.4. The lowest BCUT2D eigenvalue weighted by Crippen LogP contribution is -2.28. The molecule has 1 unspecified atom stereocenters. The molecular formula is C73H118O5. The molecule has 5 nitrogen and oxygen atoms in total. The van der Waals surface area contributed by atoms with Gasteiger partial charge in [-0.3, -0.25) is 9.59 Å². The quantitative estimate of drug-likeness (QED) is 0.0373. The maximum absolute atomic E-state index is 12.3. The third-order valence-electron chi connectivity index (χ3n) is 13.3. The standard InChI is InChI=1S/C73H118O5/c1-3-5-7-9-11-13-15-17-19-21-23-25-27-28-29-30-31-32-33-34-35-36-37-38-39-40-41-42-43-44-46-48-50-52-54-56-58-60-62-64-66-68-73(76)78-71(69-74)70-77-72(75)67-65-63-61-59-57-55-53-51-49-47-45-26-24-22-20-18-16-14-12-10-8-6-4-2/h5,7,11,13,16-19,22-25,28-29,31-32,34-35,37-38,40-41,43-44,48,50,71,74H,3-4,6,8-10,12,14-15,20-21,26-27,30,33,36,39,42,45-47,49,51-70H2,1-2H3/b7-5-,13-11-,18-16-,19-17-,24-22-,25-23-,29-28-,32-31-,35-34-,38-37-,41-40-,44-43-,50-48-. The summed E-state index contributed by atoms with van der Waals surface area (Å²) in [4.78, 5) is 24.6. The Bertz CT molecular complexity index is 1690. The van der Waals surface area contributed by atoms with Gasteiger partial charge in [-0.05, 0) is 128 Å². The van der Waals surface area contributed by atoms with E-state index in [1.807, 2.05) is 0 Å². The fourth-order valence-electron chi connectivity index (χ4n) is 8.53. The molecular weight excluding hydrogens is 957 g/mol. The molecule has 0 amide bonds. The maximum Gasteiger partial charge on any atom is 0.306 e. The van der Waals surface area contributed by atoms with Crippen LogP contribution in [0.15, 0.2) is 158 Å². The average Bonchev–Trinajstić information content (AvgIpc) is 3.44. The number of hydrogen-bond donors (Lipinski definition) is 1. The van der Waals surface area contributed by atoms with Crippen molar-refractivity contribution in [3.05, 3.63) is 158 Å². The molecule has 1 atom stereocenters. The van der Waals surface area contributed by atoms with Crippen LogP contribution in [0.4, 0.5) is 0 Å². The molecule has 0 rings (SSSR count). The van der Waals surface area contributed by atoms with E-state index >= 15 is 0 Å². The van der Waals surface area contributed by atoms with Gasteiger partial charge < -0.3 is 14.6 Å². The Morgan fingerprint density at radius 1 is 0.308 bits per heavy atom. The van der Waals surface area contributed by atoms with Crippen molar-refractivity contribution in [1.82, 2.24) is 0 Å². The van der Waals surface area contributed by atoms with Gasteiger partial charge in [0.15, 0.2) is 6.10 Å². The Labute approximate surface area is 481 Å². The topological polar surface area (TPSA) is 72.8 Å². The van der Waals surface area contributed by atoms with Crippen molar-refractivity contribution >= 4 is 11.9 Å². The summed E-state index contributed by atoms with van der Waals surface area (Å²) in [5, 5.41) is 9.68. The van der Waals surface area contributed by atoms with Crippen LogP contribution in [-0.4, -0.2) is 36.4 Å². The molecule has 0 aliphatic rings. The van der Waals surface area contributed by atoms with E-state index < -0.39 is 6.10 Å². The number of unbranched alkanes of at least 4 members (excludes halogenated alkanes) is 23. The number of hydrogen-bond acceptors (Lipinski definition) is 5. The van der Waals surface area contributed by atoms with Gasteiger partial charge in [-0.2, -0.15) is 0 Å². The molecule has 0 aliphatic heterocycles. The lowest BCUT2D eigenvalue weighted by molar-refractivity contribution is -0.161. The lowest BCUT2D eigenvalue weighted by Gasteiger charge is -2.15. The summed E-state index contributed by atoms with van der Waals surface area (Å²) >= 11 is 0. The van der Waals surface area contributed by atoms with Crippen LogP contribution in [0.5, 0.6) is 0 Å². The molecule has 0 heterocycles. The van der Waals surface area contributed by atoms with Crippen LogP contribution < -0.4 is 0 Å². The smallest absolute Gasteiger partial charge is 0.306 e. The second kappa shape index (κ2) is 66.8. The van der Waals surface area contributed by atoms with Crippen LogP contribution >= 0.6 is 0 Å². The minimum atomic E-state index is -0.791. The molecule has 0 bridgehead atoms.